The van der Waals surface area contributed by atoms with E-state index in [0.29, 0.717) is 18.9 Å². The largest absolute Gasteiger partial charge is 0.462 e. The fourth-order valence-corrected chi connectivity index (χ4v) is 2.14. The molecule has 0 saturated carbocycles. The number of nitrogens with zero attached hydrogens (tertiary/aromatic N) is 3. The van der Waals surface area contributed by atoms with E-state index >= 15 is 0 Å². The van der Waals surface area contributed by atoms with Gasteiger partial charge in [-0.3, -0.25) is 4.79 Å². The highest BCUT2D eigenvalue weighted by atomic mass is 32.1. The van der Waals surface area contributed by atoms with E-state index in [9.17, 15) is 4.79 Å². The monoisotopic (exact) mass is 265 g/mol. The summed E-state index contributed by atoms with van der Waals surface area (Å²) in [5.41, 5.74) is 0. The van der Waals surface area contributed by atoms with Crippen molar-refractivity contribution in [2.75, 3.05) is 6.61 Å². The average molecular weight is 265 g/mol. The van der Waals surface area contributed by atoms with Gasteiger partial charge in [0.05, 0.1) is 11.5 Å². The molecular weight excluding hydrogens is 250 g/mol. The summed E-state index contributed by atoms with van der Waals surface area (Å²) in [5.74, 6) is 0.472. The van der Waals surface area contributed by atoms with E-state index in [4.69, 9.17) is 4.74 Å². The maximum atomic E-state index is 11.8. The summed E-state index contributed by atoms with van der Waals surface area (Å²) in [5, 5.41) is 6.06. The van der Waals surface area contributed by atoms with Crippen LogP contribution in [0.25, 0.3) is 10.7 Å². The van der Waals surface area contributed by atoms with Crippen molar-refractivity contribution in [3.8, 4) is 16.7 Å². The van der Waals surface area contributed by atoms with Crippen LogP contribution in [0.15, 0.2) is 17.5 Å². The highest BCUT2D eigenvalue weighted by Crippen LogP contribution is 2.24. The number of carbonyl (C=O) groups excluding carboxylic acids is 1. The number of carbonyl (C=O) groups is 1. The van der Waals surface area contributed by atoms with Crippen molar-refractivity contribution >= 4 is 17.2 Å². The second kappa shape index (κ2) is 5.77. The van der Waals surface area contributed by atoms with Gasteiger partial charge >= 0.3 is 6.01 Å². The van der Waals surface area contributed by atoms with E-state index in [2.05, 4.69) is 10.1 Å². The van der Waals surface area contributed by atoms with Crippen LogP contribution < -0.4 is 4.74 Å². The molecule has 0 atom stereocenters. The normalized spacial score (nSPS) is 10.6. The molecule has 0 amide bonds. The van der Waals surface area contributed by atoms with Crippen molar-refractivity contribution in [3.63, 3.8) is 0 Å². The Balaban J connectivity index is 2.36. The predicted molar refractivity (Wildman–Crippen MR) is 70.0 cm³/mol. The van der Waals surface area contributed by atoms with Gasteiger partial charge in [-0.05, 0) is 17.9 Å². The van der Waals surface area contributed by atoms with E-state index in [1.165, 1.54) is 16.0 Å². The summed E-state index contributed by atoms with van der Waals surface area (Å²) in [4.78, 5) is 17.0. The van der Waals surface area contributed by atoms with E-state index in [1.54, 1.807) is 6.92 Å². The van der Waals surface area contributed by atoms with Crippen molar-refractivity contribution in [1.29, 1.82) is 0 Å². The molecule has 0 radical (unpaired) electrons. The first kappa shape index (κ1) is 12.8. The molecule has 2 aromatic rings. The smallest absolute Gasteiger partial charge is 0.336 e. The van der Waals surface area contributed by atoms with Gasteiger partial charge in [-0.1, -0.05) is 19.9 Å². The Kier molecular flexibility index (Phi) is 4.09. The van der Waals surface area contributed by atoms with Crippen molar-refractivity contribution in [1.82, 2.24) is 14.8 Å². The third-order valence-electron chi connectivity index (χ3n) is 2.30. The Hall–Kier alpha value is -1.69. The lowest BCUT2D eigenvalue weighted by Crippen LogP contribution is -2.12. The minimum absolute atomic E-state index is 0.0859. The SMILES string of the molecule is CCCOc1nc(-c2cccs2)n(C(=O)CC)n1. The van der Waals surface area contributed by atoms with E-state index in [-0.39, 0.29) is 11.9 Å². The maximum Gasteiger partial charge on any atom is 0.336 e. The van der Waals surface area contributed by atoms with Gasteiger partial charge in [0.2, 0.25) is 5.91 Å². The highest BCUT2D eigenvalue weighted by molar-refractivity contribution is 7.13. The second-order valence-electron chi connectivity index (χ2n) is 3.70. The Morgan fingerprint density at radius 3 is 2.94 bits per heavy atom. The van der Waals surface area contributed by atoms with Crippen LogP contribution in [0.4, 0.5) is 0 Å². The zero-order valence-electron chi connectivity index (χ0n) is 10.4. The number of hydrogen-bond acceptors (Lipinski definition) is 5. The van der Waals surface area contributed by atoms with E-state index < -0.39 is 0 Å². The standard InChI is InChI=1S/C12H15N3O2S/c1-3-7-17-12-13-11(9-6-5-8-18-9)15(14-12)10(16)4-2/h5-6,8H,3-4,7H2,1-2H3. The molecule has 0 bridgehead atoms. The first-order chi connectivity index (χ1) is 8.76. The van der Waals surface area contributed by atoms with Crippen molar-refractivity contribution in [2.24, 2.45) is 0 Å². The van der Waals surface area contributed by atoms with Crippen LogP contribution >= 0.6 is 11.3 Å². The summed E-state index contributed by atoms with van der Waals surface area (Å²) >= 11 is 1.52. The van der Waals surface area contributed by atoms with Gasteiger partial charge in [-0.2, -0.15) is 9.67 Å². The molecule has 2 aromatic heterocycles. The fourth-order valence-electron chi connectivity index (χ4n) is 1.44. The molecule has 0 fully saturated rings. The topological polar surface area (TPSA) is 57.0 Å². The molecular formula is C12H15N3O2S. The molecule has 0 aromatic carbocycles. The molecule has 0 aliphatic heterocycles. The summed E-state index contributed by atoms with van der Waals surface area (Å²) in [7, 11) is 0. The lowest BCUT2D eigenvalue weighted by molar-refractivity contribution is 0.0893. The maximum absolute atomic E-state index is 11.8. The molecule has 0 saturated heterocycles. The first-order valence-electron chi connectivity index (χ1n) is 5.93. The minimum atomic E-state index is -0.0859. The molecule has 6 heteroatoms. The number of aromatic nitrogens is 3. The van der Waals surface area contributed by atoms with Crippen LogP contribution in [0.5, 0.6) is 6.01 Å². The van der Waals surface area contributed by atoms with Gasteiger partial charge in [0.25, 0.3) is 0 Å². The van der Waals surface area contributed by atoms with Crippen molar-refractivity contribution < 1.29 is 9.53 Å². The van der Waals surface area contributed by atoms with Crippen LogP contribution in [-0.2, 0) is 0 Å². The summed E-state index contributed by atoms with van der Waals surface area (Å²) in [6, 6.07) is 4.10. The number of thiophene rings is 1. The third-order valence-corrected chi connectivity index (χ3v) is 3.17. The van der Waals surface area contributed by atoms with Crippen LogP contribution in [0.1, 0.15) is 31.5 Å². The Morgan fingerprint density at radius 2 is 2.33 bits per heavy atom. The molecule has 2 heterocycles. The molecule has 2 rings (SSSR count). The van der Waals surface area contributed by atoms with E-state index in [0.717, 1.165) is 11.3 Å². The highest BCUT2D eigenvalue weighted by Gasteiger charge is 2.17. The predicted octanol–water partition coefficient (Wildman–Crippen LogP) is 2.85. The van der Waals surface area contributed by atoms with Crippen LogP contribution in [-0.4, -0.2) is 27.3 Å². The molecule has 18 heavy (non-hydrogen) atoms. The molecule has 96 valence electrons. The molecule has 0 unspecified atom stereocenters. The number of hydrogen-bond donors (Lipinski definition) is 0. The third kappa shape index (κ3) is 2.59. The zero-order chi connectivity index (χ0) is 13.0. The average Bonchev–Trinajstić information content (AvgIpc) is 3.03. The van der Waals surface area contributed by atoms with Gasteiger partial charge in [0.1, 0.15) is 0 Å². The van der Waals surface area contributed by atoms with Gasteiger partial charge in [-0.15, -0.1) is 16.4 Å². The van der Waals surface area contributed by atoms with Crippen molar-refractivity contribution in [3.05, 3.63) is 17.5 Å². The molecule has 0 spiro atoms. The van der Waals surface area contributed by atoms with Gasteiger partial charge in [0.15, 0.2) is 5.82 Å². The molecule has 5 nitrogen and oxygen atoms in total. The van der Waals surface area contributed by atoms with Gasteiger partial charge in [-0.25, -0.2) is 0 Å². The van der Waals surface area contributed by atoms with Crippen LogP contribution in [0.2, 0.25) is 0 Å². The summed E-state index contributed by atoms with van der Waals surface area (Å²) in [6.45, 7) is 4.36. The lowest BCUT2D eigenvalue weighted by atomic mass is 10.4. The Morgan fingerprint density at radius 1 is 1.50 bits per heavy atom. The lowest BCUT2D eigenvalue weighted by Gasteiger charge is -1.99. The Labute approximate surface area is 109 Å². The van der Waals surface area contributed by atoms with E-state index in [1.807, 2.05) is 24.4 Å². The van der Waals surface area contributed by atoms with Crippen molar-refractivity contribution in [2.45, 2.75) is 26.7 Å². The molecule has 0 aliphatic rings. The fraction of sp³-hybridized carbons (Fsp3) is 0.417. The summed E-state index contributed by atoms with van der Waals surface area (Å²) < 4.78 is 6.71. The first-order valence-corrected chi connectivity index (χ1v) is 6.81. The summed E-state index contributed by atoms with van der Waals surface area (Å²) in [6.07, 6.45) is 1.26. The Bertz CT molecular complexity index is 519. The van der Waals surface area contributed by atoms with Crippen LogP contribution in [0, 0.1) is 0 Å². The second-order valence-corrected chi connectivity index (χ2v) is 4.65. The molecule has 0 N–H and O–H groups in total. The minimum Gasteiger partial charge on any atom is -0.462 e. The molecule has 0 aliphatic carbocycles. The van der Waals surface area contributed by atoms with Crippen LogP contribution in [0.3, 0.4) is 0 Å². The quantitative estimate of drug-likeness (QED) is 0.834. The van der Waals surface area contributed by atoms with Gasteiger partial charge < -0.3 is 4.74 Å². The number of ether oxygens (including phenoxy) is 1. The number of rotatable bonds is 5. The zero-order valence-corrected chi connectivity index (χ0v) is 11.2. The van der Waals surface area contributed by atoms with Gasteiger partial charge in [0, 0.05) is 6.42 Å².